The maximum absolute atomic E-state index is 12.2. The zero-order valence-electron chi connectivity index (χ0n) is 13.6. The van der Waals surface area contributed by atoms with Crippen LogP contribution in [0.25, 0.3) is 0 Å². The molecule has 0 aromatic carbocycles. The monoisotopic (exact) mass is 316 g/mol. The first-order chi connectivity index (χ1) is 9.79. The van der Waals surface area contributed by atoms with Crippen molar-refractivity contribution in [3.05, 3.63) is 0 Å². The van der Waals surface area contributed by atoms with Crippen LogP contribution in [0.3, 0.4) is 0 Å². The fourth-order valence-corrected chi connectivity index (χ4v) is 3.85. The van der Waals surface area contributed by atoms with Gasteiger partial charge in [-0.25, -0.2) is 0 Å². The summed E-state index contributed by atoms with van der Waals surface area (Å²) < 4.78 is 0. The van der Waals surface area contributed by atoms with Crippen molar-refractivity contribution in [1.82, 2.24) is 10.2 Å². The van der Waals surface area contributed by atoms with Crippen LogP contribution in [-0.2, 0) is 4.79 Å². The number of hydrogen-bond acceptors (Lipinski definition) is 2. The average Bonchev–Trinajstić information content (AvgIpc) is 2.49. The van der Waals surface area contributed by atoms with Gasteiger partial charge in [-0.1, -0.05) is 32.1 Å². The lowest BCUT2D eigenvalue weighted by Crippen LogP contribution is -2.40. The summed E-state index contributed by atoms with van der Waals surface area (Å²) in [7, 11) is 2.02. The van der Waals surface area contributed by atoms with Crippen LogP contribution in [0.1, 0.15) is 64.2 Å². The summed E-state index contributed by atoms with van der Waals surface area (Å²) in [6.45, 7) is 3.06. The molecule has 2 rings (SSSR count). The van der Waals surface area contributed by atoms with E-state index in [4.69, 9.17) is 0 Å². The second-order valence-corrected chi connectivity index (χ2v) is 6.78. The summed E-state index contributed by atoms with van der Waals surface area (Å²) in [5.41, 5.74) is 0. The maximum atomic E-state index is 12.2. The van der Waals surface area contributed by atoms with Gasteiger partial charge in [0.15, 0.2) is 0 Å². The molecule has 1 N–H and O–H groups in total. The molecule has 1 amide bonds. The second kappa shape index (κ2) is 10.4. The van der Waals surface area contributed by atoms with Gasteiger partial charge < -0.3 is 10.2 Å². The van der Waals surface area contributed by atoms with E-state index < -0.39 is 0 Å². The fraction of sp³-hybridized carbons (Fsp3) is 0.941. The molecular formula is C17H33ClN2O. The molecule has 1 heterocycles. The maximum Gasteiger partial charge on any atom is 0.222 e. The lowest BCUT2D eigenvalue weighted by atomic mass is 9.86. The first-order valence-electron chi connectivity index (χ1n) is 8.72. The summed E-state index contributed by atoms with van der Waals surface area (Å²) in [5.74, 6) is 2.09. The van der Waals surface area contributed by atoms with Crippen LogP contribution in [0.2, 0.25) is 0 Å². The molecule has 2 aliphatic rings. The summed E-state index contributed by atoms with van der Waals surface area (Å²) in [6, 6.07) is 0. The molecule has 0 unspecified atom stereocenters. The van der Waals surface area contributed by atoms with Crippen molar-refractivity contribution in [3.63, 3.8) is 0 Å². The number of hydrogen-bond donors (Lipinski definition) is 1. The van der Waals surface area contributed by atoms with E-state index in [1.165, 1.54) is 51.4 Å². The van der Waals surface area contributed by atoms with E-state index >= 15 is 0 Å². The van der Waals surface area contributed by atoms with Gasteiger partial charge in [0.25, 0.3) is 0 Å². The number of carbonyl (C=O) groups excluding carboxylic acids is 1. The van der Waals surface area contributed by atoms with Gasteiger partial charge in [0.05, 0.1) is 0 Å². The van der Waals surface area contributed by atoms with Crippen molar-refractivity contribution in [3.8, 4) is 0 Å². The summed E-state index contributed by atoms with van der Waals surface area (Å²) in [5, 5.41) is 3.25. The van der Waals surface area contributed by atoms with E-state index in [9.17, 15) is 4.79 Å². The Morgan fingerprint density at radius 1 is 1.05 bits per heavy atom. The zero-order chi connectivity index (χ0) is 14.2. The van der Waals surface area contributed by atoms with Crippen molar-refractivity contribution >= 4 is 18.3 Å². The van der Waals surface area contributed by atoms with Crippen LogP contribution in [0.4, 0.5) is 0 Å². The summed E-state index contributed by atoms with van der Waals surface area (Å²) in [4.78, 5) is 14.3. The lowest BCUT2D eigenvalue weighted by Gasteiger charge is -2.32. The Morgan fingerprint density at radius 3 is 2.33 bits per heavy atom. The molecular weight excluding hydrogens is 284 g/mol. The molecule has 2 fully saturated rings. The Bertz CT molecular complexity index is 285. The number of nitrogens with zero attached hydrogens (tertiary/aromatic N) is 1. The first-order valence-corrected chi connectivity index (χ1v) is 8.72. The summed E-state index contributed by atoms with van der Waals surface area (Å²) >= 11 is 0. The molecule has 21 heavy (non-hydrogen) atoms. The Morgan fingerprint density at radius 2 is 1.71 bits per heavy atom. The van der Waals surface area contributed by atoms with Crippen molar-refractivity contribution < 1.29 is 4.79 Å². The predicted molar refractivity (Wildman–Crippen MR) is 90.9 cm³/mol. The zero-order valence-corrected chi connectivity index (χ0v) is 14.4. The van der Waals surface area contributed by atoms with Gasteiger partial charge in [0, 0.05) is 19.5 Å². The molecule has 124 valence electrons. The Labute approximate surface area is 136 Å². The lowest BCUT2D eigenvalue weighted by molar-refractivity contribution is -0.132. The van der Waals surface area contributed by atoms with E-state index in [2.05, 4.69) is 10.2 Å². The van der Waals surface area contributed by atoms with Gasteiger partial charge in [0.1, 0.15) is 0 Å². The number of rotatable bonds is 6. The van der Waals surface area contributed by atoms with Gasteiger partial charge in [-0.05, 0) is 51.1 Å². The fourth-order valence-electron chi connectivity index (χ4n) is 3.85. The standard InChI is InChI=1S/C17H32N2O.ClH/c1-18-14-16-10-12-19(13-11-16)17(20)9-5-8-15-6-3-2-4-7-15;/h15-16,18H,2-14H2,1H3;1H. The molecule has 1 saturated carbocycles. The normalized spacial score (nSPS) is 21.1. The molecule has 3 nitrogen and oxygen atoms in total. The Balaban J connectivity index is 0.00000220. The second-order valence-electron chi connectivity index (χ2n) is 6.78. The molecule has 1 aliphatic heterocycles. The quantitative estimate of drug-likeness (QED) is 0.811. The van der Waals surface area contributed by atoms with E-state index in [1.807, 2.05) is 7.05 Å². The highest BCUT2D eigenvalue weighted by Gasteiger charge is 2.22. The number of halogens is 1. The van der Waals surface area contributed by atoms with Crippen LogP contribution in [0, 0.1) is 11.8 Å². The minimum absolute atomic E-state index is 0. The van der Waals surface area contributed by atoms with Crippen LogP contribution in [-0.4, -0.2) is 37.5 Å². The van der Waals surface area contributed by atoms with Crippen LogP contribution in [0.5, 0.6) is 0 Å². The van der Waals surface area contributed by atoms with Crippen LogP contribution in [0.15, 0.2) is 0 Å². The summed E-state index contributed by atoms with van der Waals surface area (Å²) in [6.07, 6.45) is 12.6. The number of piperidine rings is 1. The molecule has 1 aliphatic carbocycles. The van der Waals surface area contributed by atoms with Gasteiger partial charge in [-0.3, -0.25) is 4.79 Å². The predicted octanol–water partition coefficient (Wildman–Crippen LogP) is 3.62. The minimum atomic E-state index is 0. The van der Waals surface area contributed by atoms with Crippen LogP contribution < -0.4 is 5.32 Å². The SMILES string of the molecule is CNCC1CCN(C(=O)CCCC2CCCCC2)CC1.Cl. The van der Waals surface area contributed by atoms with Crippen LogP contribution >= 0.6 is 12.4 Å². The molecule has 0 atom stereocenters. The van der Waals surface area contributed by atoms with E-state index in [1.54, 1.807) is 0 Å². The van der Waals surface area contributed by atoms with E-state index in [0.717, 1.165) is 44.3 Å². The van der Waals surface area contributed by atoms with Crippen molar-refractivity contribution in [2.24, 2.45) is 11.8 Å². The molecule has 0 aromatic rings. The van der Waals surface area contributed by atoms with Crippen molar-refractivity contribution in [2.45, 2.75) is 64.2 Å². The highest BCUT2D eigenvalue weighted by molar-refractivity contribution is 5.85. The molecule has 4 heteroatoms. The first kappa shape index (κ1) is 18.8. The molecule has 1 saturated heterocycles. The molecule has 0 bridgehead atoms. The molecule has 0 aromatic heterocycles. The van der Waals surface area contributed by atoms with Gasteiger partial charge in [-0.15, -0.1) is 12.4 Å². The number of amides is 1. The highest BCUT2D eigenvalue weighted by atomic mass is 35.5. The number of carbonyl (C=O) groups is 1. The van der Waals surface area contributed by atoms with Gasteiger partial charge in [-0.2, -0.15) is 0 Å². The third kappa shape index (κ3) is 6.56. The van der Waals surface area contributed by atoms with E-state index in [-0.39, 0.29) is 12.4 Å². The third-order valence-electron chi connectivity index (χ3n) is 5.19. The number of nitrogens with one attached hydrogen (secondary N) is 1. The Hall–Kier alpha value is -0.280. The smallest absolute Gasteiger partial charge is 0.222 e. The Kier molecular flexibility index (Phi) is 9.34. The molecule has 0 spiro atoms. The topological polar surface area (TPSA) is 32.3 Å². The van der Waals surface area contributed by atoms with Gasteiger partial charge >= 0.3 is 0 Å². The minimum Gasteiger partial charge on any atom is -0.343 e. The van der Waals surface area contributed by atoms with Crippen molar-refractivity contribution in [1.29, 1.82) is 0 Å². The average molecular weight is 317 g/mol. The number of likely N-dealkylation sites (tertiary alicyclic amines) is 1. The highest BCUT2D eigenvalue weighted by Crippen LogP contribution is 2.28. The largest absolute Gasteiger partial charge is 0.343 e. The molecule has 0 radical (unpaired) electrons. The van der Waals surface area contributed by atoms with Crippen molar-refractivity contribution in [2.75, 3.05) is 26.7 Å². The third-order valence-corrected chi connectivity index (χ3v) is 5.19. The van der Waals surface area contributed by atoms with E-state index in [0.29, 0.717) is 5.91 Å². The van der Waals surface area contributed by atoms with Gasteiger partial charge in [0.2, 0.25) is 5.91 Å².